The summed E-state index contributed by atoms with van der Waals surface area (Å²) < 4.78 is 38.8. The summed E-state index contributed by atoms with van der Waals surface area (Å²) in [5, 5.41) is 0. The van der Waals surface area contributed by atoms with Crippen molar-refractivity contribution in [3.05, 3.63) is 34.9 Å². The van der Waals surface area contributed by atoms with E-state index in [9.17, 15) is 18.0 Å². The molecule has 0 spiro atoms. The summed E-state index contributed by atoms with van der Waals surface area (Å²) in [4.78, 5) is 11.3. The van der Waals surface area contributed by atoms with Crippen LogP contribution in [0.2, 0.25) is 0 Å². The first-order valence-corrected chi connectivity index (χ1v) is 6.38. The maximum atomic E-state index is 13.2. The minimum absolute atomic E-state index is 0.0524. The molecule has 0 radical (unpaired) electrons. The van der Waals surface area contributed by atoms with Gasteiger partial charge in [-0.1, -0.05) is 26.0 Å². The van der Waals surface area contributed by atoms with Crippen molar-refractivity contribution in [1.29, 1.82) is 0 Å². The molecule has 0 amide bonds. The zero-order valence-corrected chi connectivity index (χ0v) is 11.5. The van der Waals surface area contributed by atoms with Crippen LogP contribution in [0.25, 0.3) is 0 Å². The summed E-state index contributed by atoms with van der Waals surface area (Å²) >= 11 is 0. The van der Waals surface area contributed by atoms with Crippen LogP contribution in [0.4, 0.5) is 13.2 Å². The highest BCUT2D eigenvalue weighted by Crippen LogP contribution is 2.29. The molecule has 0 aliphatic carbocycles. The molecule has 1 atom stereocenters. The number of rotatable bonds is 6. The zero-order chi connectivity index (χ0) is 14.6. The van der Waals surface area contributed by atoms with Crippen molar-refractivity contribution in [3.63, 3.8) is 0 Å². The van der Waals surface area contributed by atoms with Crippen LogP contribution in [0.3, 0.4) is 0 Å². The van der Waals surface area contributed by atoms with Gasteiger partial charge in [0.2, 0.25) is 0 Å². The first kappa shape index (κ1) is 15.7. The van der Waals surface area contributed by atoms with E-state index in [1.54, 1.807) is 18.2 Å². The van der Waals surface area contributed by atoms with Crippen molar-refractivity contribution in [2.75, 3.05) is 6.67 Å². The molecule has 1 rings (SSSR count). The Morgan fingerprint density at radius 3 is 2.42 bits per heavy atom. The van der Waals surface area contributed by atoms with E-state index in [0.29, 0.717) is 12.0 Å². The van der Waals surface area contributed by atoms with Crippen LogP contribution in [-0.4, -0.2) is 18.4 Å². The lowest BCUT2D eigenvalue weighted by Crippen LogP contribution is -2.30. The number of carbonyl (C=O) groups excluding carboxylic acids is 1. The van der Waals surface area contributed by atoms with Crippen molar-refractivity contribution >= 4 is 5.78 Å². The normalized spacial score (nSPS) is 13.4. The molecule has 0 aliphatic heterocycles. The maximum Gasteiger partial charge on any atom is 0.278 e. The smallest absolute Gasteiger partial charge is 0.278 e. The predicted octanol–water partition coefficient (Wildman–Crippen LogP) is 4.24. The number of carbonyl (C=O) groups is 1. The lowest BCUT2D eigenvalue weighted by Gasteiger charge is -2.22. The summed E-state index contributed by atoms with van der Waals surface area (Å²) in [6.07, 6.45) is 0.767. The van der Waals surface area contributed by atoms with E-state index in [0.717, 1.165) is 11.1 Å². The molecule has 0 bridgehead atoms. The minimum Gasteiger partial charge on any atom is -0.295 e. The number of hydrogen-bond acceptors (Lipinski definition) is 1. The van der Waals surface area contributed by atoms with Crippen LogP contribution in [0, 0.1) is 5.92 Å². The van der Waals surface area contributed by atoms with Crippen molar-refractivity contribution in [2.24, 2.45) is 5.92 Å². The van der Waals surface area contributed by atoms with Gasteiger partial charge in [-0.05, 0) is 37.0 Å². The molecule has 0 N–H and O–H groups in total. The molecule has 0 heterocycles. The summed E-state index contributed by atoms with van der Waals surface area (Å²) in [6.45, 7) is 3.08. The Bertz CT molecular complexity index is 455. The number of benzene rings is 1. The largest absolute Gasteiger partial charge is 0.295 e. The quantitative estimate of drug-likeness (QED) is 0.708. The first-order valence-electron chi connectivity index (χ1n) is 6.38. The zero-order valence-electron chi connectivity index (χ0n) is 11.5. The van der Waals surface area contributed by atoms with E-state index < -0.39 is 18.5 Å². The van der Waals surface area contributed by atoms with Gasteiger partial charge in [0.1, 0.15) is 0 Å². The average molecular weight is 272 g/mol. The SMILES string of the molecule is CCc1cc(C(C)=O)ccc1CC(C)C(F)(F)CF. The average Bonchev–Trinajstić information content (AvgIpc) is 2.38. The molecule has 0 aliphatic rings. The highest BCUT2D eigenvalue weighted by molar-refractivity contribution is 5.94. The highest BCUT2D eigenvalue weighted by Gasteiger charge is 2.36. The molecule has 19 heavy (non-hydrogen) atoms. The number of alkyl halides is 3. The van der Waals surface area contributed by atoms with Gasteiger partial charge in [-0.15, -0.1) is 0 Å². The topological polar surface area (TPSA) is 17.1 Å². The van der Waals surface area contributed by atoms with E-state index in [1.165, 1.54) is 13.8 Å². The molecule has 1 aromatic rings. The Balaban J connectivity index is 2.99. The van der Waals surface area contributed by atoms with Gasteiger partial charge in [0.15, 0.2) is 12.5 Å². The molecule has 0 saturated heterocycles. The molecule has 0 fully saturated rings. The third-order valence-electron chi connectivity index (χ3n) is 3.42. The second-order valence-electron chi connectivity index (χ2n) is 4.89. The van der Waals surface area contributed by atoms with E-state index in [2.05, 4.69) is 0 Å². The van der Waals surface area contributed by atoms with E-state index in [4.69, 9.17) is 0 Å². The van der Waals surface area contributed by atoms with Crippen LogP contribution in [0.15, 0.2) is 18.2 Å². The van der Waals surface area contributed by atoms with E-state index >= 15 is 0 Å². The van der Waals surface area contributed by atoms with E-state index in [-0.39, 0.29) is 12.2 Å². The summed E-state index contributed by atoms with van der Waals surface area (Å²) in [5.74, 6) is -4.42. The van der Waals surface area contributed by atoms with Crippen LogP contribution in [0.1, 0.15) is 42.3 Å². The van der Waals surface area contributed by atoms with Crippen molar-refractivity contribution in [3.8, 4) is 0 Å². The number of hydrogen-bond donors (Lipinski definition) is 0. The van der Waals surface area contributed by atoms with Gasteiger partial charge >= 0.3 is 0 Å². The number of Topliss-reactive ketones (excluding diaryl/α,β-unsaturated/α-hetero) is 1. The summed E-state index contributed by atoms with van der Waals surface area (Å²) in [6, 6.07) is 5.06. The number of aryl methyl sites for hydroxylation is 1. The van der Waals surface area contributed by atoms with Crippen molar-refractivity contribution in [2.45, 2.75) is 39.5 Å². The molecule has 1 aromatic carbocycles. The molecule has 0 aromatic heterocycles. The van der Waals surface area contributed by atoms with Gasteiger partial charge in [0, 0.05) is 11.5 Å². The Labute approximate surface area is 111 Å². The van der Waals surface area contributed by atoms with Crippen LogP contribution in [-0.2, 0) is 12.8 Å². The first-order chi connectivity index (χ1) is 8.81. The lowest BCUT2D eigenvalue weighted by atomic mass is 9.90. The predicted molar refractivity (Wildman–Crippen MR) is 69.6 cm³/mol. The summed E-state index contributed by atoms with van der Waals surface area (Å²) in [7, 11) is 0. The van der Waals surface area contributed by atoms with Gasteiger partial charge in [0.25, 0.3) is 5.92 Å². The number of ketones is 1. The molecular formula is C15H19F3O. The van der Waals surface area contributed by atoms with Crippen molar-refractivity contribution < 1.29 is 18.0 Å². The Hall–Kier alpha value is -1.32. The number of halogens is 3. The van der Waals surface area contributed by atoms with Crippen LogP contribution < -0.4 is 0 Å². The second kappa shape index (κ2) is 6.22. The highest BCUT2D eigenvalue weighted by atomic mass is 19.3. The van der Waals surface area contributed by atoms with E-state index in [1.807, 2.05) is 6.92 Å². The third-order valence-corrected chi connectivity index (χ3v) is 3.42. The molecule has 4 heteroatoms. The van der Waals surface area contributed by atoms with Gasteiger partial charge < -0.3 is 0 Å². The Morgan fingerprint density at radius 1 is 1.32 bits per heavy atom. The molecule has 106 valence electrons. The lowest BCUT2D eigenvalue weighted by molar-refractivity contribution is -0.0696. The Kier molecular flexibility index (Phi) is 5.15. The monoisotopic (exact) mass is 272 g/mol. The fourth-order valence-electron chi connectivity index (χ4n) is 1.98. The standard InChI is InChI=1S/C15H19F3O/c1-4-12-8-13(11(3)19)5-6-14(12)7-10(2)15(17,18)9-16/h5-6,8,10H,4,7,9H2,1-3H3. The van der Waals surface area contributed by atoms with Gasteiger partial charge in [-0.25, -0.2) is 13.2 Å². The molecule has 1 unspecified atom stereocenters. The van der Waals surface area contributed by atoms with Gasteiger partial charge in [-0.3, -0.25) is 4.79 Å². The Morgan fingerprint density at radius 2 is 1.95 bits per heavy atom. The fourth-order valence-corrected chi connectivity index (χ4v) is 1.98. The van der Waals surface area contributed by atoms with Crippen LogP contribution in [0.5, 0.6) is 0 Å². The summed E-state index contributed by atoms with van der Waals surface area (Å²) in [5.41, 5.74) is 2.20. The van der Waals surface area contributed by atoms with Gasteiger partial charge in [0.05, 0.1) is 0 Å². The third kappa shape index (κ3) is 3.82. The molecule has 0 saturated carbocycles. The van der Waals surface area contributed by atoms with Gasteiger partial charge in [-0.2, -0.15) is 0 Å². The molecule has 1 nitrogen and oxygen atoms in total. The van der Waals surface area contributed by atoms with Crippen LogP contribution >= 0.6 is 0 Å². The molecular weight excluding hydrogens is 253 g/mol. The van der Waals surface area contributed by atoms with Crippen molar-refractivity contribution in [1.82, 2.24) is 0 Å². The minimum atomic E-state index is -3.30. The maximum absolute atomic E-state index is 13.2. The fraction of sp³-hybridized carbons (Fsp3) is 0.533. The second-order valence-corrected chi connectivity index (χ2v) is 4.89.